The molecule has 0 N–H and O–H groups in total. The third-order valence-corrected chi connectivity index (χ3v) is 4.80. The van der Waals surface area contributed by atoms with Gasteiger partial charge in [0.15, 0.2) is 5.58 Å². The highest BCUT2D eigenvalue weighted by atomic mass is 35.5. The molecule has 0 aliphatic rings. The molecular formula is C22H13Cl2N3O3. The lowest BCUT2D eigenvalue weighted by molar-refractivity contribution is -0.384. The Hall–Kier alpha value is -3.48. The van der Waals surface area contributed by atoms with Gasteiger partial charge in [-0.25, -0.2) is 4.98 Å². The summed E-state index contributed by atoms with van der Waals surface area (Å²) in [4.78, 5) is 19.1. The SMILES string of the molecule is O=[N+]([O-])c1ccc(/C=C/C=Nc2ccc3oc(-c4cc(Cl)ccc4Cl)nc3c2)cc1. The summed E-state index contributed by atoms with van der Waals surface area (Å²) < 4.78 is 5.79. The highest BCUT2D eigenvalue weighted by Crippen LogP contribution is 2.33. The van der Waals surface area contributed by atoms with Gasteiger partial charge in [0.1, 0.15) is 5.52 Å². The largest absolute Gasteiger partial charge is 0.436 e. The van der Waals surface area contributed by atoms with Crippen molar-refractivity contribution in [1.29, 1.82) is 0 Å². The number of halogens is 2. The molecule has 0 fully saturated rings. The number of rotatable bonds is 5. The monoisotopic (exact) mass is 437 g/mol. The summed E-state index contributed by atoms with van der Waals surface area (Å²) in [7, 11) is 0. The molecule has 1 heterocycles. The Balaban J connectivity index is 1.52. The number of nitro benzene ring substituents is 1. The number of nitrogens with zero attached hydrogens (tertiary/aromatic N) is 3. The van der Waals surface area contributed by atoms with Crippen LogP contribution in [0.1, 0.15) is 5.56 Å². The molecule has 4 rings (SSSR count). The van der Waals surface area contributed by atoms with E-state index in [0.717, 1.165) is 5.56 Å². The Bertz CT molecular complexity index is 1290. The van der Waals surface area contributed by atoms with Crippen LogP contribution in [-0.2, 0) is 0 Å². The summed E-state index contributed by atoms with van der Waals surface area (Å²) in [6.07, 6.45) is 5.20. The zero-order valence-electron chi connectivity index (χ0n) is 15.3. The van der Waals surface area contributed by atoms with Crippen LogP contribution in [0.25, 0.3) is 28.6 Å². The normalized spacial score (nSPS) is 11.7. The first-order valence-electron chi connectivity index (χ1n) is 8.81. The van der Waals surface area contributed by atoms with Crippen LogP contribution >= 0.6 is 23.2 Å². The molecule has 8 heteroatoms. The van der Waals surface area contributed by atoms with Crippen molar-refractivity contribution in [2.75, 3.05) is 0 Å². The van der Waals surface area contributed by atoms with E-state index in [9.17, 15) is 10.1 Å². The fourth-order valence-electron chi connectivity index (χ4n) is 2.76. The summed E-state index contributed by atoms with van der Waals surface area (Å²) in [5, 5.41) is 11.7. The molecular weight excluding hydrogens is 425 g/mol. The van der Waals surface area contributed by atoms with Crippen LogP contribution in [0.5, 0.6) is 0 Å². The number of hydrogen-bond acceptors (Lipinski definition) is 5. The van der Waals surface area contributed by atoms with Gasteiger partial charge < -0.3 is 4.42 Å². The molecule has 3 aromatic carbocycles. The van der Waals surface area contributed by atoms with E-state index >= 15 is 0 Å². The van der Waals surface area contributed by atoms with Crippen molar-refractivity contribution < 1.29 is 9.34 Å². The fourth-order valence-corrected chi connectivity index (χ4v) is 3.13. The van der Waals surface area contributed by atoms with Crippen molar-refractivity contribution in [2.24, 2.45) is 4.99 Å². The fraction of sp³-hybridized carbons (Fsp3) is 0. The van der Waals surface area contributed by atoms with Gasteiger partial charge in [-0.2, -0.15) is 0 Å². The molecule has 6 nitrogen and oxygen atoms in total. The molecule has 30 heavy (non-hydrogen) atoms. The first-order chi connectivity index (χ1) is 14.5. The van der Waals surface area contributed by atoms with E-state index in [1.54, 1.807) is 60.8 Å². The van der Waals surface area contributed by atoms with Crippen molar-refractivity contribution in [3.63, 3.8) is 0 Å². The Morgan fingerprint density at radius 2 is 1.83 bits per heavy atom. The predicted octanol–water partition coefficient (Wildman–Crippen LogP) is 7.13. The molecule has 0 amide bonds. The van der Waals surface area contributed by atoms with Crippen LogP contribution in [0.15, 0.2) is 76.1 Å². The van der Waals surface area contributed by atoms with Crippen molar-refractivity contribution in [3.8, 4) is 11.5 Å². The molecule has 4 aromatic rings. The molecule has 0 saturated carbocycles. The van der Waals surface area contributed by atoms with E-state index in [1.165, 1.54) is 12.1 Å². The second-order valence-electron chi connectivity index (χ2n) is 6.28. The second kappa shape index (κ2) is 8.49. The summed E-state index contributed by atoms with van der Waals surface area (Å²) in [6, 6.07) is 16.8. The van der Waals surface area contributed by atoms with Crippen LogP contribution in [0, 0.1) is 10.1 Å². The van der Waals surface area contributed by atoms with E-state index in [4.69, 9.17) is 27.6 Å². The molecule has 0 atom stereocenters. The lowest BCUT2D eigenvalue weighted by atomic mass is 10.2. The molecule has 1 aromatic heterocycles. The highest BCUT2D eigenvalue weighted by Gasteiger charge is 2.12. The summed E-state index contributed by atoms with van der Waals surface area (Å²) >= 11 is 12.3. The molecule has 148 valence electrons. The first-order valence-corrected chi connectivity index (χ1v) is 9.56. The molecule has 0 radical (unpaired) electrons. The van der Waals surface area contributed by atoms with E-state index in [2.05, 4.69) is 9.98 Å². The van der Waals surface area contributed by atoms with Crippen LogP contribution in [0.2, 0.25) is 10.0 Å². The minimum absolute atomic E-state index is 0.0557. The van der Waals surface area contributed by atoms with Crippen LogP contribution in [-0.4, -0.2) is 16.1 Å². The van der Waals surface area contributed by atoms with Gasteiger partial charge in [-0.05, 0) is 60.2 Å². The van der Waals surface area contributed by atoms with Crippen molar-refractivity contribution in [3.05, 3.63) is 92.5 Å². The smallest absolute Gasteiger partial charge is 0.269 e. The maximum Gasteiger partial charge on any atom is 0.269 e. The van der Waals surface area contributed by atoms with E-state index in [0.29, 0.717) is 38.3 Å². The lowest BCUT2D eigenvalue weighted by Gasteiger charge is -1.99. The van der Waals surface area contributed by atoms with Gasteiger partial charge in [-0.3, -0.25) is 15.1 Å². The van der Waals surface area contributed by atoms with Crippen molar-refractivity contribution >= 4 is 58.0 Å². The number of aliphatic imine (C=N–C) groups is 1. The lowest BCUT2D eigenvalue weighted by Crippen LogP contribution is -1.86. The van der Waals surface area contributed by atoms with Gasteiger partial charge in [0.2, 0.25) is 5.89 Å². The van der Waals surface area contributed by atoms with E-state index in [1.807, 2.05) is 6.07 Å². The number of non-ortho nitro benzene ring substituents is 1. The summed E-state index contributed by atoms with van der Waals surface area (Å²) in [5.41, 5.74) is 3.48. The zero-order chi connectivity index (χ0) is 21.1. The number of hydrogen-bond donors (Lipinski definition) is 0. The second-order valence-corrected chi connectivity index (χ2v) is 7.12. The Morgan fingerprint density at radius 1 is 1.03 bits per heavy atom. The number of benzene rings is 3. The highest BCUT2D eigenvalue weighted by molar-refractivity contribution is 6.35. The Kier molecular flexibility index (Phi) is 5.61. The average molecular weight is 438 g/mol. The van der Waals surface area contributed by atoms with Gasteiger partial charge in [-0.15, -0.1) is 0 Å². The number of fused-ring (bicyclic) bond motifs is 1. The van der Waals surface area contributed by atoms with Crippen LogP contribution in [0.3, 0.4) is 0 Å². The molecule has 0 spiro atoms. The maximum absolute atomic E-state index is 10.7. The van der Waals surface area contributed by atoms with E-state index < -0.39 is 4.92 Å². The molecule has 0 aliphatic carbocycles. The molecule has 0 aliphatic heterocycles. The van der Waals surface area contributed by atoms with Gasteiger partial charge in [-0.1, -0.05) is 29.3 Å². The van der Waals surface area contributed by atoms with Crippen molar-refractivity contribution in [1.82, 2.24) is 4.98 Å². The summed E-state index contributed by atoms with van der Waals surface area (Å²) in [5.74, 6) is 0.386. The van der Waals surface area contributed by atoms with Gasteiger partial charge in [0.05, 0.1) is 21.2 Å². The number of allylic oxidation sites excluding steroid dienone is 1. The Labute approximate surface area is 181 Å². The van der Waals surface area contributed by atoms with Crippen LogP contribution < -0.4 is 0 Å². The van der Waals surface area contributed by atoms with Crippen molar-refractivity contribution in [2.45, 2.75) is 0 Å². The zero-order valence-corrected chi connectivity index (χ0v) is 16.8. The van der Waals surface area contributed by atoms with Gasteiger partial charge >= 0.3 is 0 Å². The van der Waals surface area contributed by atoms with Gasteiger partial charge in [0, 0.05) is 23.4 Å². The standard InChI is InChI=1S/C22H13Cl2N3O3/c23-15-5-9-19(24)18(12-15)22-26-20-13-16(6-10-21(20)30-22)25-11-1-2-14-3-7-17(8-4-14)27(28)29/h1-13H/b2-1+,25-11?. The summed E-state index contributed by atoms with van der Waals surface area (Å²) in [6.45, 7) is 0. The topological polar surface area (TPSA) is 81.5 Å². The quantitative estimate of drug-likeness (QED) is 0.189. The third-order valence-electron chi connectivity index (χ3n) is 4.23. The van der Waals surface area contributed by atoms with E-state index in [-0.39, 0.29) is 5.69 Å². The molecule has 0 unspecified atom stereocenters. The molecule has 0 saturated heterocycles. The minimum Gasteiger partial charge on any atom is -0.436 e. The maximum atomic E-state index is 10.7. The number of oxazole rings is 1. The third kappa shape index (κ3) is 4.40. The average Bonchev–Trinajstić information content (AvgIpc) is 3.16. The minimum atomic E-state index is -0.430. The predicted molar refractivity (Wildman–Crippen MR) is 120 cm³/mol. The van der Waals surface area contributed by atoms with Gasteiger partial charge in [0.25, 0.3) is 5.69 Å². The Morgan fingerprint density at radius 3 is 2.60 bits per heavy atom. The first kappa shape index (κ1) is 19.8. The van der Waals surface area contributed by atoms with Crippen LogP contribution in [0.4, 0.5) is 11.4 Å². The molecule has 0 bridgehead atoms. The number of aromatic nitrogens is 1. The number of nitro groups is 1.